The zero-order valence-corrected chi connectivity index (χ0v) is 24.3. The Morgan fingerprint density at radius 3 is 1.31 bits per heavy atom. The molecule has 0 heterocycles. The summed E-state index contributed by atoms with van der Waals surface area (Å²) in [7, 11) is 0. The van der Waals surface area contributed by atoms with E-state index < -0.39 is 86.1 Å². The minimum atomic E-state index is -5.14. The Balaban J connectivity index is 0.000000276. The molecule has 10 nitrogen and oxygen atoms in total. The Morgan fingerprint density at radius 2 is 0.941 bits per heavy atom. The van der Waals surface area contributed by atoms with Crippen LogP contribution in [-0.4, -0.2) is 22.6 Å². The highest BCUT2D eigenvalue weighted by molar-refractivity contribution is 5.72. The van der Waals surface area contributed by atoms with E-state index in [0.29, 0.717) is 48.5 Å². The predicted octanol–water partition coefficient (Wildman–Crippen LogP) is 10.7. The number of ether oxygens (including phenoxy) is 2. The van der Waals surface area contributed by atoms with Gasteiger partial charge in [0.1, 0.15) is 17.1 Å². The Bertz CT molecular complexity index is 1880. The summed E-state index contributed by atoms with van der Waals surface area (Å²) in [6.07, 6.45) is -19.5. The quantitative estimate of drug-likeness (QED) is 0.103. The number of rotatable bonds is 8. The molecular formula is C28H15F13N4O6. The lowest BCUT2D eigenvalue weighted by atomic mass is 10.1. The number of nitrogens with zero attached hydrogens (tertiary/aromatic N) is 2. The molecule has 0 atom stereocenters. The third-order valence-corrected chi connectivity index (χ3v) is 5.84. The van der Waals surface area contributed by atoms with Crippen LogP contribution in [0.4, 0.5) is 91.2 Å². The second-order valence-corrected chi connectivity index (χ2v) is 9.49. The number of hydrogen-bond acceptors (Lipinski definition) is 8. The lowest BCUT2D eigenvalue weighted by Crippen LogP contribution is -2.18. The summed E-state index contributed by atoms with van der Waals surface area (Å²) in [5.74, 6) is -3.18. The number of nitrogens with one attached hydrogen (secondary N) is 2. The van der Waals surface area contributed by atoms with Crippen LogP contribution in [0.2, 0.25) is 0 Å². The predicted molar refractivity (Wildman–Crippen MR) is 149 cm³/mol. The summed E-state index contributed by atoms with van der Waals surface area (Å²) >= 11 is 0. The molecule has 0 saturated heterocycles. The van der Waals surface area contributed by atoms with Gasteiger partial charge in [0.15, 0.2) is 11.6 Å². The maximum atomic E-state index is 13.6. The summed E-state index contributed by atoms with van der Waals surface area (Å²) in [6, 6.07) is 9.20. The molecule has 0 unspecified atom stereocenters. The van der Waals surface area contributed by atoms with Gasteiger partial charge in [-0.3, -0.25) is 20.2 Å². The topological polar surface area (TPSA) is 129 Å². The summed E-state index contributed by atoms with van der Waals surface area (Å²) in [5.41, 5.74) is -5.03. The molecule has 4 rings (SSSR count). The SMILES string of the molecule is O=[N+]([O-])c1ccc(C(F)(F)F)cc1Nc1ccc(OC(F)(F)F)c(F)c1.O=[N+]([O-])c1ccc(C(F)(F)F)cc1Nc1ccc(OC(F)(F)F)cc1. The Labute approximate surface area is 274 Å². The van der Waals surface area contributed by atoms with Gasteiger partial charge in [-0.2, -0.15) is 26.3 Å². The van der Waals surface area contributed by atoms with Crippen molar-refractivity contribution in [2.24, 2.45) is 0 Å². The molecule has 274 valence electrons. The molecular weight excluding hydrogens is 735 g/mol. The number of nitro groups is 2. The van der Waals surface area contributed by atoms with E-state index in [1.165, 1.54) is 0 Å². The minimum Gasteiger partial charge on any atom is -0.406 e. The number of benzene rings is 4. The minimum absolute atomic E-state index is 0.0388. The van der Waals surface area contributed by atoms with Crippen molar-refractivity contribution in [1.29, 1.82) is 0 Å². The van der Waals surface area contributed by atoms with Crippen molar-refractivity contribution in [2.45, 2.75) is 25.1 Å². The zero-order valence-electron chi connectivity index (χ0n) is 24.3. The molecule has 0 aliphatic rings. The van der Waals surface area contributed by atoms with Crippen molar-refractivity contribution in [1.82, 2.24) is 0 Å². The van der Waals surface area contributed by atoms with Gasteiger partial charge < -0.3 is 20.1 Å². The van der Waals surface area contributed by atoms with Crippen molar-refractivity contribution >= 4 is 34.1 Å². The molecule has 0 aliphatic carbocycles. The highest BCUT2D eigenvalue weighted by Gasteiger charge is 2.35. The Hall–Kier alpha value is -6.03. The highest BCUT2D eigenvalue weighted by Crippen LogP contribution is 2.38. The average molecular weight is 750 g/mol. The summed E-state index contributed by atoms with van der Waals surface area (Å²) in [5, 5.41) is 26.4. The monoisotopic (exact) mass is 750 g/mol. The van der Waals surface area contributed by atoms with Gasteiger partial charge in [0.05, 0.1) is 21.0 Å². The molecule has 0 fully saturated rings. The fourth-order valence-corrected chi connectivity index (χ4v) is 3.78. The molecule has 0 spiro atoms. The van der Waals surface area contributed by atoms with Gasteiger partial charge in [-0.05, 0) is 60.7 Å². The van der Waals surface area contributed by atoms with Crippen molar-refractivity contribution in [3.63, 3.8) is 0 Å². The van der Waals surface area contributed by atoms with Gasteiger partial charge in [0, 0.05) is 29.6 Å². The van der Waals surface area contributed by atoms with Crippen molar-refractivity contribution in [3.8, 4) is 11.5 Å². The number of nitro benzene ring substituents is 2. The molecule has 4 aromatic carbocycles. The molecule has 2 N–H and O–H groups in total. The van der Waals surface area contributed by atoms with Gasteiger partial charge in [0.2, 0.25) is 0 Å². The largest absolute Gasteiger partial charge is 0.573 e. The van der Waals surface area contributed by atoms with Crippen molar-refractivity contribution in [3.05, 3.63) is 116 Å². The fraction of sp³-hybridized carbons (Fsp3) is 0.143. The Kier molecular flexibility index (Phi) is 11.5. The van der Waals surface area contributed by atoms with Crippen LogP contribution in [0.15, 0.2) is 78.9 Å². The van der Waals surface area contributed by atoms with E-state index in [1.54, 1.807) is 0 Å². The third-order valence-electron chi connectivity index (χ3n) is 5.84. The standard InChI is InChI=1S/C14H7F7N2O3.C14H8F6N2O3/c15-9-6-8(2-4-12(9)26-14(19,20)21)22-10-5-7(13(16,17)18)1-3-11(10)23(24)25;15-13(16,17)8-1-6-12(22(23)24)11(7-8)21-9-2-4-10(5-3-9)25-14(18,19)20/h1-6,22H;1-7,21H. The second-order valence-electron chi connectivity index (χ2n) is 9.49. The van der Waals surface area contributed by atoms with Gasteiger partial charge in [-0.25, -0.2) is 4.39 Å². The van der Waals surface area contributed by atoms with Crippen LogP contribution >= 0.6 is 0 Å². The maximum absolute atomic E-state index is 13.6. The summed E-state index contributed by atoms with van der Waals surface area (Å²) < 4.78 is 170. The molecule has 0 aromatic heterocycles. The first-order chi connectivity index (χ1) is 23.3. The number of anilines is 4. The normalized spacial score (nSPS) is 11.9. The van der Waals surface area contributed by atoms with Crippen LogP contribution in [0, 0.1) is 26.0 Å². The van der Waals surface area contributed by atoms with E-state index >= 15 is 0 Å². The van der Waals surface area contributed by atoms with Crippen LogP contribution in [0.3, 0.4) is 0 Å². The first-order valence-electron chi connectivity index (χ1n) is 13.0. The van der Waals surface area contributed by atoms with Crippen molar-refractivity contribution in [2.75, 3.05) is 10.6 Å². The number of alkyl halides is 12. The fourth-order valence-electron chi connectivity index (χ4n) is 3.78. The average Bonchev–Trinajstić information content (AvgIpc) is 2.97. The van der Waals surface area contributed by atoms with E-state index in [9.17, 15) is 77.3 Å². The van der Waals surface area contributed by atoms with Crippen LogP contribution in [0.1, 0.15) is 11.1 Å². The molecule has 0 radical (unpaired) electrons. The van der Waals surface area contributed by atoms with E-state index in [2.05, 4.69) is 20.1 Å². The van der Waals surface area contributed by atoms with Gasteiger partial charge >= 0.3 is 25.1 Å². The first kappa shape index (κ1) is 39.4. The van der Waals surface area contributed by atoms with Crippen LogP contribution in [-0.2, 0) is 12.4 Å². The molecule has 23 heteroatoms. The van der Waals surface area contributed by atoms with Crippen LogP contribution in [0.5, 0.6) is 11.5 Å². The molecule has 4 aromatic rings. The summed E-state index contributed by atoms with van der Waals surface area (Å²) in [4.78, 5) is 20.0. The molecule has 0 amide bonds. The second kappa shape index (κ2) is 14.8. The van der Waals surface area contributed by atoms with E-state index in [-0.39, 0.29) is 11.4 Å². The van der Waals surface area contributed by atoms with E-state index in [0.717, 1.165) is 30.3 Å². The number of hydrogen-bond donors (Lipinski definition) is 2. The summed E-state index contributed by atoms with van der Waals surface area (Å²) in [6.45, 7) is 0. The molecule has 51 heavy (non-hydrogen) atoms. The zero-order chi connectivity index (χ0) is 38.5. The highest BCUT2D eigenvalue weighted by atomic mass is 19.4. The van der Waals surface area contributed by atoms with Crippen molar-refractivity contribution < 1.29 is 76.4 Å². The number of halogens is 13. The lowest BCUT2D eigenvalue weighted by Gasteiger charge is -2.13. The first-order valence-corrected chi connectivity index (χ1v) is 13.0. The third kappa shape index (κ3) is 11.8. The van der Waals surface area contributed by atoms with Gasteiger partial charge in [-0.15, -0.1) is 26.3 Å². The molecule has 0 saturated carbocycles. The maximum Gasteiger partial charge on any atom is 0.573 e. The van der Waals surface area contributed by atoms with Crippen LogP contribution < -0.4 is 20.1 Å². The van der Waals surface area contributed by atoms with E-state index in [4.69, 9.17) is 0 Å². The van der Waals surface area contributed by atoms with E-state index in [1.807, 2.05) is 0 Å². The lowest BCUT2D eigenvalue weighted by molar-refractivity contribution is -0.384. The molecule has 0 bridgehead atoms. The van der Waals surface area contributed by atoms with Crippen LogP contribution in [0.25, 0.3) is 0 Å². The smallest absolute Gasteiger partial charge is 0.406 e. The Morgan fingerprint density at radius 1 is 0.529 bits per heavy atom. The van der Waals surface area contributed by atoms with Gasteiger partial charge in [0.25, 0.3) is 11.4 Å². The molecule has 0 aliphatic heterocycles. The van der Waals surface area contributed by atoms with Gasteiger partial charge in [-0.1, -0.05) is 0 Å².